The molecule has 1 rings (SSSR count). The molecule has 0 spiro atoms. The van der Waals surface area contributed by atoms with Gasteiger partial charge in [0.25, 0.3) is 0 Å². The molecular weight excluding hydrogens is 184 g/mol. The predicted octanol–water partition coefficient (Wildman–Crippen LogP) is 3.44. The van der Waals surface area contributed by atoms with Crippen molar-refractivity contribution in [1.82, 2.24) is 4.98 Å². The molecule has 0 aliphatic rings. The topological polar surface area (TPSA) is 16.1 Å². The van der Waals surface area contributed by atoms with Crippen molar-refractivity contribution in [3.05, 3.63) is 24.0 Å². The molecule has 0 aliphatic carbocycles. The van der Waals surface area contributed by atoms with Crippen LogP contribution in [-0.4, -0.2) is 19.1 Å². The smallest absolute Gasteiger partial charge is 0.0547 e. The highest BCUT2D eigenvalue weighted by Crippen LogP contribution is 2.23. The summed E-state index contributed by atoms with van der Waals surface area (Å²) < 4.78 is 0. The standard InChI is InChI=1S/C13H22N2/c1-5-7-11(6-2)13-9-8-12(10-14-13)15(3)4/h8-11H,5-7H2,1-4H3. The highest BCUT2D eigenvalue weighted by molar-refractivity contribution is 5.42. The fraction of sp³-hybridized carbons (Fsp3) is 0.615. The lowest BCUT2D eigenvalue weighted by atomic mass is 9.96. The predicted molar refractivity (Wildman–Crippen MR) is 66.5 cm³/mol. The minimum absolute atomic E-state index is 0.631. The van der Waals surface area contributed by atoms with E-state index in [1.54, 1.807) is 0 Å². The van der Waals surface area contributed by atoms with Crippen LogP contribution in [0.5, 0.6) is 0 Å². The van der Waals surface area contributed by atoms with Gasteiger partial charge in [-0.1, -0.05) is 20.3 Å². The molecule has 1 aromatic rings. The zero-order chi connectivity index (χ0) is 11.3. The third kappa shape index (κ3) is 3.22. The van der Waals surface area contributed by atoms with Gasteiger partial charge in [0.1, 0.15) is 0 Å². The number of hydrogen-bond donors (Lipinski definition) is 0. The summed E-state index contributed by atoms with van der Waals surface area (Å²) in [7, 11) is 4.08. The molecule has 0 aliphatic heterocycles. The first-order valence-corrected chi connectivity index (χ1v) is 5.82. The van der Waals surface area contributed by atoms with E-state index in [1.807, 2.05) is 20.3 Å². The van der Waals surface area contributed by atoms with Crippen LogP contribution in [0.25, 0.3) is 0 Å². The molecule has 0 aromatic carbocycles. The molecule has 0 saturated heterocycles. The van der Waals surface area contributed by atoms with Crippen molar-refractivity contribution >= 4 is 5.69 Å². The zero-order valence-electron chi connectivity index (χ0n) is 10.3. The van der Waals surface area contributed by atoms with Crippen LogP contribution in [0.2, 0.25) is 0 Å². The molecule has 1 aromatic heterocycles. The molecule has 15 heavy (non-hydrogen) atoms. The Balaban J connectivity index is 2.77. The van der Waals surface area contributed by atoms with Gasteiger partial charge in [0.15, 0.2) is 0 Å². The lowest BCUT2D eigenvalue weighted by molar-refractivity contribution is 0.581. The Kier molecular flexibility index (Phi) is 4.60. The molecule has 2 heteroatoms. The van der Waals surface area contributed by atoms with Crippen LogP contribution in [0.3, 0.4) is 0 Å². The number of anilines is 1. The highest BCUT2D eigenvalue weighted by atomic mass is 15.1. The molecule has 0 radical (unpaired) electrons. The van der Waals surface area contributed by atoms with E-state index >= 15 is 0 Å². The van der Waals surface area contributed by atoms with Crippen LogP contribution in [0.1, 0.15) is 44.7 Å². The SMILES string of the molecule is CCCC(CC)c1ccc(N(C)C)cn1. The van der Waals surface area contributed by atoms with Crippen LogP contribution in [0.4, 0.5) is 5.69 Å². The molecule has 1 unspecified atom stereocenters. The molecule has 0 amide bonds. The minimum atomic E-state index is 0.631. The summed E-state index contributed by atoms with van der Waals surface area (Å²) in [4.78, 5) is 6.63. The fourth-order valence-corrected chi connectivity index (χ4v) is 1.81. The van der Waals surface area contributed by atoms with Crippen molar-refractivity contribution in [2.24, 2.45) is 0 Å². The van der Waals surface area contributed by atoms with E-state index in [1.165, 1.54) is 30.6 Å². The van der Waals surface area contributed by atoms with Crippen molar-refractivity contribution in [3.63, 3.8) is 0 Å². The molecular formula is C13H22N2. The third-order valence-corrected chi connectivity index (χ3v) is 2.84. The third-order valence-electron chi connectivity index (χ3n) is 2.84. The second-order valence-electron chi connectivity index (χ2n) is 4.23. The minimum Gasteiger partial charge on any atom is -0.376 e. The van der Waals surface area contributed by atoms with E-state index in [9.17, 15) is 0 Å². The molecule has 0 saturated carbocycles. The van der Waals surface area contributed by atoms with Crippen LogP contribution in [0.15, 0.2) is 18.3 Å². The van der Waals surface area contributed by atoms with Gasteiger partial charge < -0.3 is 4.90 Å². The average molecular weight is 206 g/mol. The van der Waals surface area contributed by atoms with Gasteiger partial charge in [-0.25, -0.2) is 0 Å². The molecule has 1 heterocycles. The largest absolute Gasteiger partial charge is 0.376 e. The van der Waals surface area contributed by atoms with E-state index in [4.69, 9.17) is 0 Å². The van der Waals surface area contributed by atoms with Gasteiger partial charge in [-0.2, -0.15) is 0 Å². The van der Waals surface area contributed by atoms with E-state index in [2.05, 4.69) is 35.9 Å². The second-order valence-corrected chi connectivity index (χ2v) is 4.23. The van der Waals surface area contributed by atoms with Crippen molar-refractivity contribution in [2.45, 2.75) is 39.0 Å². The van der Waals surface area contributed by atoms with E-state index in [-0.39, 0.29) is 0 Å². The van der Waals surface area contributed by atoms with Crippen molar-refractivity contribution in [1.29, 1.82) is 0 Å². The Labute approximate surface area is 93.3 Å². The zero-order valence-corrected chi connectivity index (χ0v) is 10.3. The molecule has 2 nitrogen and oxygen atoms in total. The van der Waals surface area contributed by atoms with Gasteiger partial charge in [0.05, 0.1) is 11.9 Å². The first-order chi connectivity index (χ1) is 7.19. The van der Waals surface area contributed by atoms with Crippen molar-refractivity contribution in [2.75, 3.05) is 19.0 Å². The van der Waals surface area contributed by atoms with Gasteiger partial charge in [0, 0.05) is 25.7 Å². The molecule has 0 N–H and O–H groups in total. The Bertz CT molecular complexity index is 277. The van der Waals surface area contributed by atoms with E-state index in [0.717, 1.165) is 0 Å². The number of aromatic nitrogens is 1. The summed E-state index contributed by atoms with van der Waals surface area (Å²) in [5.41, 5.74) is 2.41. The number of rotatable bonds is 5. The quantitative estimate of drug-likeness (QED) is 0.733. The molecule has 0 fully saturated rings. The Hall–Kier alpha value is -1.05. The van der Waals surface area contributed by atoms with Crippen LogP contribution >= 0.6 is 0 Å². The first kappa shape index (κ1) is 12.0. The monoisotopic (exact) mass is 206 g/mol. The fourth-order valence-electron chi connectivity index (χ4n) is 1.81. The summed E-state index contributed by atoms with van der Waals surface area (Å²) in [5, 5.41) is 0. The van der Waals surface area contributed by atoms with E-state index < -0.39 is 0 Å². The summed E-state index contributed by atoms with van der Waals surface area (Å²) in [6.45, 7) is 4.47. The lowest BCUT2D eigenvalue weighted by Gasteiger charge is -2.16. The summed E-state index contributed by atoms with van der Waals surface area (Å²) in [5.74, 6) is 0.631. The number of hydrogen-bond acceptors (Lipinski definition) is 2. The molecule has 0 bridgehead atoms. The van der Waals surface area contributed by atoms with Crippen molar-refractivity contribution in [3.8, 4) is 0 Å². The summed E-state index contributed by atoms with van der Waals surface area (Å²) in [6.07, 6.45) is 5.62. The van der Waals surface area contributed by atoms with Gasteiger partial charge in [-0.05, 0) is 25.0 Å². The van der Waals surface area contributed by atoms with Crippen LogP contribution < -0.4 is 4.90 Å². The van der Waals surface area contributed by atoms with Gasteiger partial charge in [0.2, 0.25) is 0 Å². The lowest BCUT2D eigenvalue weighted by Crippen LogP contribution is -2.09. The maximum absolute atomic E-state index is 4.55. The number of pyridine rings is 1. The Morgan fingerprint density at radius 2 is 2.00 bits per heavy atom. The maximum Gasteiger partial charge on any atom is 0.0547 e. The Morgan fingerprint density at radius 3 is 2.40 bits per heavy atom. The summed E-state index contributed by atoms with van der Waals surface area (Å²) >= 11 is 0. The highest BCUT2D eigenvalue weighted by Gasteiger charge is 2.09. The van der Waals surface area contributed by atoms with Crippen molar-refractivity contribution < 1.29 is 0 Å². The molecule has 84 valence electrons. The van der Waals surface area contributed by atoms with Gasteiger partial charge >= 0.3 is 0 Å². The van der Waals surface area contributed by atoms with Crippen LogP contribution in [-0.2, 0) is 0 Å². The average Bonchev–Trinajstić information content (AvgIpc) is 2.26. The van der Waals surface area contributed by atoms with Crippen LogP contribution in [0, 0.1) is 0 Å². The number of nitrogens with zero attached hydrogens (tertiary/aromatic N) is 2. The van der Waals surface area contributed by atoms with Gasteiger partial charge in [-0.3, -0.25) is 4.98 Å². The second kappa shape index (κ2) is 5.74. The Morgan fingerprint density at radius 1 is 1.27 bits per heavy atom. The van der Waals surface area contributed by atoms with E-state index in [0.29, 0.717) is 5.92 Å². The molecule has 1 atom stereocenters. The first-order valence-electron chi connectivity index (χ1n) is 5.82. The maximum atomic E-state index is 4.55. The summed E-state index contributed by atoms with van der Waals surface area (Å²) in [6, 6.07) is 4.32. The van der Waals surface area contributed by atoms with Gasteiger partial charge in [-0.15, -0.1) is 0 Å². The normalized spacial score (nSPS) is 12.5.